The molecule has 1 aromatic rings. The summed E-state index contributed by atoms with van der Waals surface area (Å²) in [6.45, 7) is 8.89. The van der Waals surface area contributed by atoms with E-state index in [0.717, 1.165) is 39.3 Å². The number of hydrogen-bond acceptors (Lipinski definition) is 5. The molecular weight excluding hydrogens is 242 g/mol. The predicted octanol–water partition coefficient (Wildman–Crippen LogP) is -0.643. The van der Waals surface area contributed by atoms with E-state index in [1.807, 2.05) is 6.92 Å². The van der Waals surface area contributed by atoms with Gasteiger partial charge in [-0.2, -0.15) is 0 Å². The topological polar surface area (TPSA) is 53.4 Å². The van der Waals surface area contributed by atoms with Crippen molar-refractivity contribution in [3.05, 3.63) is 22.7 Å². The summed E-state index contributed by atoms with van der Waals surface area (Å²) in [5.41, 5.74) is 0.0313. The molecule has 19 heavy (non-hydrogen) atoms. The Kier molecular flexibility index (Phi) is 3.52. The van der Waals surface area contributed by atoms with Gasteiger partial charge in [0.25, 0.3) is 5.56 Å². The molecule has 3 rings (SSSR count). The Morgan fingerprint density at radius 3 is 2.79 bits per heavy atom. The molecule has 0 aliphatic carbocycles. The molecule has 3 heterocycles. The molecule has 1 aromatic heterocycles. The first-order valence-electron chi connectivity index (χ1n) is 7.04. The average molecular weight is 263 g/mol. The van der Waals surface area contributed by atoms with Crippen LogP contribution >= 0.6 is 0 Å². The van der Waals surface area contributed by atoms with Crippen molar-refractivity contribution in [1.29, 1.82) is 0 Å². The number of nitrogens with one attached hydrogen (secondary N) is 1. The van der Waals surface area contributed by atoms with Crippen molar-refractivity contribution < 1.29 is 0 Å². The zero-order valence-corrected chi connectivity index (χ0v) is 11.4. The van der Waals surface area contributed by atoms with E-state index in [2.05, 4.69) is 20.1 Å². The second-order valence-corrected chi connectivity index (χ2v) is 5.19. The molecule has 2 saturated heterocycles. The third-order valence-corrected chi connectivity index (χ3v) is 4.07. The summed E-state index contributed by atoms with van der Waals surface area (Å²) >= 11 is 0. The van der Waals surface area contributed by atoms with Gasteiger partial charge in [-0.25, -0.2) is 4.98 Å². The molecule has 6 nitrogen and oxygen atoms in total. The van der Waals surface area contributed by atoms with Gasteiger partial charge in [-0.3, -0.25) is 9.69 Å². The lowest BCUT2D eigenvalue weighted by atomic mass is 10.1. The summed E-state index contributed by atoms with van der Waals surface area (Å²) in [4.78, 5) is 21.0. The van der Waals surface area contributed by atoms with Crippen molar-refractivity contribution in [2.45, 2.75) is 19.5 Å². The van der Waals surface area contributed by atoms with E-state index in [0.29, 0.717) is 18.4 Å². The van der Waals surface area contributed by atoms with Gasteiger partial charge >= 0.3 is 0 Å². The van der Waals surface area contributed by atoms with Crippen LogP contribution in [-0.4, -0.2) is 59.8 Å². The highest BCUT2D eigenvalue weighted by Crippen LogP contribution is 2.19. The van der Waals surface area contributed by atoms with Crippen LogP contribution in [0.4, 0.5) is 5.82 Å². The fourth-order valence-corrected chi connectivity index (χ4v) is 2.81. The molecule has 6 heteroatoms. The lowest BCUT2D eigenvalue weighted by Crippen LogP contribution is -2.63. The minimum Gasteiger partial charge on any atom is -0.349 e. The monoisotopic (exact) mass is 263 g/mol. The average Bonchev–Trinajstić information content (AvgIpc) is 2.40. The molecule has 0 spiro atoms. The minimum atomic E-state index is 0.0313. The zero-order valence-electron chi connectivity index (χ0n) is 11.4. The van der Waals surface area contributed by atoms with E-state index in [1.165, 1.54) is 0 Å². The van der Waals surface area contributed by atoms with E-state index in [9.17, 15) is 4.79 Å². The van der Waals surface area contributed by atoms with Gasteiger partial charge in [-0.1, -0.05) is 0 Å². The summed E-state index contributed by atoms with van der Waals surface area (Å²) < 4.78 is 1.71. The van der Waals surface area contributed by atoms with Gasteiger partial charge in [0.2, 0.25) is 0 Å². The van der Waals surface area contributed by atoms with E-state index in [1.54, 1.807) is 17.0 Å². The number of piperazine rings is 1. The lowest BCUT2D eigenvalue weighted by molar-refractivity contribution is 0.147. The molecule has 2 aliphatic rings. The Morgan fingerprint density at radius 1 is 1.37 bits per heavy atom. The third-order valence-electron chi connectivity index (χ3n) is 4.07. The van der Waals surface area contributed by atoms with Crippen LogP contribution in [0.15, 0.2) is 17.2 Å². The number of anilines is 1. The maximum absolute atomic E-state index is 12.2. The Labute approximate surface area is 113 Å². The Hall–Kier alpha value is -1.40. The second kappa shape index (κ2) is 5.30. The number of aryl methyl sites for hydroxylation is 1. The predicted molar refractivity (Wildman–Crippen MR) is 74.6 cm³/mol. The van der Waals surface area contributed by atoms with Gasteiger partial charge < -0.3 is 14.8 Å². The standard InChI is InChI=1S/C13H21N5O/c1-2-16-8-5-15-12(13(16)19)18-9-11(10-18)17-6-3-14-4-7-17/h5,8,11,14H,2-4,6-7,9-10H2,1H3. The maximum Gasteiger partial charge on any atom is 0.293 e. The van der Waals surface area contributed by atoms with Crippen molar-refractivity contribution in [3.63, 3.8) is 0 Å². The quantitative estimate of drug-likeness (QED) is 0.786. The largest absolute Gasteiger partial charge is 0.349 e. The van der Waals surface area contributed by atoms with Crippen LogP contribution < -0.4 is 15.8 Å². The fourth-order valence-electron chi connectivity index (χ4n) is 2.81. The van der Waals surface area contributed by atoms with Crippen LogP contribution in [0.5, 0.6) is 0 Å². The van der Waals surface area contributed by atoms with E-state index in [4.69, 9.17) is 0 Å². The molecule has 2 aliphatic heterocycles. The molecule has 0 radical (unpaired) electrons. The number of hydrogen-bond donors (Lipinski definition) is 1. The van der Waals surface area contributed by atoms with Crippen LogP contribution in [0, 0.1) is 0 Å². The van der Waals surface area contributed by atoms with Crippen LogP contribution in [0.1, 0.15) is 6.92 Å². The summed E-state index contributed by atoms with van der Waals surface area (Å²) in [5.74, 6) is 0.607. The number of rotatable bonds is 3. The highest BCUT2D eigenvalue weighted by molar-refractivity contribution is 5.40. The van der Waals surface area contributed by atoms with Gasteiger partial charge in [0, 0.05) is 64.2 Å². The zero-order chi connectivity index (χ0) is 13.2. The summed E-state index contributed by atoms with van der Waals surface area (Å²) in [7, 11) is 0. The van der Waals surface area contributed by atoms with Gasteiger partial charge in [-0.15, -0.1) is 0 Å². The Bertz CT molecular complexity index is 488. The minimum absolute atomic E-state index is 0.0313. The first-order chi connectivity index (χ1) is 9.29. The summed E-state index contributed by atoms with van der Waals surface area (Å²) in [5, 5.41) is 3.36. The number of nitrogens with zero attached hydrogens (tertiary/aromatic N) is 4. The van der Waals surface area contributed by atoms with Crippen LogP contribution in [-0.2, 0) is 6.54 Å². The van der Waals surface area contributed by atoms with Gasteiger partial charge in [-0.05, 0) is 6.92 Å². The number of aromatic nitrogens is 2. The van der Waals surface area contributed by atoms with Crippen molar-refractivity contribution in [3.8, 4) is 0 Å². The lowest BCUT2D eigenvalue weighted by Gasteiger charge is -2.47. The SMILES string of the molecule is CCn1ccnc(N2CC(N3CCNCC3)C2)c1=O. The van der Waals surface area contributed by atoms with Gasteiger partial charge in [0.1, 0.15) is 0 Å². The Balaban J connectivity index is 1.65. The molecule has 0 atom stereocenters. The molecule has 0 saturated carbocycles. The second-order valence-electron chi connectivity index (χ2n) is 5.19. The molecule has 1 N–H and O–H groups in total. The first-order valence-corrected chi connectivity index (χ1v) is 7.04. The van der Waals surface area contributed by atoms with Crippen molar-refractivity contribution >= 4 is 5.82 Å². The fraction of sp³-hybridized carbons (Fsp3) is 0.692. The highest BCUT2D eigenvalue weighted by Gasteiger charge is 2.34. The van der Waals surface area contributed by atoms with Crippen LogP contribution in [0.25, 0.3) is 0 Å². The normalized spacial score (nSPS) is 21.4. The van der Waals surface area contributed by atoms with E-state index >= 15 is 0 Å². The first kappa shape index (κ1) is 12.6. The Morgan fingerprint density at radius 2 is 2.11 bits per heavy atom. The third kappa shape index (κ3) is 2.37. The van der Waals surface area contributed by atoms with Crippen molar-refractivity contribution in [2.75, 3.05) is 44.2 Å². The molecule has 2 fully saturated rings. The molecule has 0 bridgehead atoms. The van der Waals surface area contributed by atoms with Gasteiger partial charge in [0.05, 0.1) is 0 Å². The van der Waals surface area contributed by atoms with Crippen molar-refractivity contribution in [1.82, 2.24) is 19.8 Å². The molecule has 104 valence electrons. The van der Waals surface area contributed by atoms with Crippen LogP contribution in [0.2, 0.25) is 0 Å². The van der Waals surface area contributed by atoms with E-state index in [-0.39, 0.29) is 5.56 Å². The van der Waals surface area contributed by atoms with E-state index < -0.39 is 0 Å². The molecule has 0 unspecified atom stereocenters. The van der Waals surface area contributed by atoms with Crippen molar-refractivity contribution in [2.24, 2.45) is 0 Å². The smallest absolute Gasteiger partial charge is 0.293 e. The molecule has 0 aromatic carbocycles. The van der Waals surface area contributed by atoms with Crippen LogP contribution in [0.3, 0.4) is 0 Å². The molecule has 0 amide bonds. The summed E-state index contributed by atoms with van der Waals surface area (Å²) in [6.07, 6.45) is 3.47. The van der Waals surface area contributed by atoms with Gasteiger partial charge in [0.15, 0.2) is 5.82 Å². The highest BCUT2D eigenvalue weighted by atomic mass is 16.1. The summed E-state index contributed by atoms with van der Waals surface area (Å²) in [6, 6.07) is 0.582. The maximum atomic E-state index is 12.2. The molecular formula is C13H21N5O.